The third-order valence-corrected chi connectivity index (χ3v) is 4.33. The summed E-state index contributed by atoms with van der Waals surface area (Å²) in [7, 11) is 0. The molecule has 1 heterocycles. The summed E-state index contributed by atoms with van der Waals surface area (Å²) >= 11 is 0. The van der Waals surface area contributed by atoms with Gasteiger partial charge in [0, 0.05) is 19.1 Å². The molecule has 3 rings (SSSR count). The minimum absolute atomic E-state index is 0.000394. The average molecular weight is 368 g/mol. The maximum absolute atomic E-state index is 14.2. The third kappa shape index (κ3) is 4.95. The molecule has 26 heavy (non-hydrogen) atoms. The summed E-state index contributed by atoms with van der Waals surface area (Å²) < 4.78 is 57.2. The summed E-state index contributed by atoms with van der Waals surface area (Å²) in [6.07, 6.45) is -3.32. The van der Waals surface area contributed by atoms with E-state index in [1.54, 1.807) is 12.1 Å². The highest BCUT2D eigenvalue weighted by Crippen LogP contribution is 2.29. The molecule has 2 aromatic rings. The van der Waals surface area contributed by atoms with Crippen LogP contribution in [0.1, 0.15) is 23.1 Å². The SMILES string of the molecule is Fc1cc(CNC2CCNC2)ccc1OCc1ccc(C(F)(F)F)cc1. The fraction of sp³-hybridized carbons (Fsp3) is 0.368. The quantitative estimate of drug-likeness (QED) is 0.760. The number of nitrogens with one attached hydrogen (secondary N) is 2. The highest BCUT2D eigenvalue weighted by Gasteiger charge is 2.29. The molecule has 3 nitrogen and oxygen atoms in total. The molecule has 2 aromatic carbocycles. The van der Waals surface area contributed by atoms with Crippen molar-refractivity contribution < 1.29 is 22.3 Å². The minimum atomic E-state index is -4.37. The van der Waals surface area contributed by atoms with Crippen LogP contribution < -0.4 is 15.4 Å². The molecule has 1 unspecified atom stereocenters. The lowest BCUT2D eigenvalue weighted by Gasteiger charge is -2.13. The zero-order valence-corrected chi connectivity index (χ0v) is 14.1. The molecule has 2 N–H and O–H groups in total. The van der Waals surface area contributed by atoms with Gasteiger partial charge in [0.2, 0.25) is 0 Å². The second-order valence-corrected chi connectivity index (χ2v) is 6.32. The first-order valence-corrected chi connectivity index (χ1v) is 8.43. The third-order valence-electron chi connectivity index (χ3n) is 4.33. The van der Waals surface area contributed by atoms with Crippen LogP contribution in [0.5, 0.6) is 5.75 Å². The summed E-state index contributed by atoms with van der Waals surface area (Å²) in [5.74, 6) is -0.406. The molecule has 0 bridgehead atoms. The van der Waals surface area contributed by atoms with Crippen molar-refractivity contribution in [2.45, 2.75) is 31.8 Å². The zero-order chi connectivity index (χ0) is 18.6. The Bertz CT molecular complexity index is 725. The molecule has 0 spiro atoms. The fourth-order valence-electron chi connectivity index (χ4n) is 2.81. The molecular weight excluding hydrogens is 348 g/mol. The van der Waals surface area contributed by atoms with Crippen LogP contribution >= 0.6 is 0 Å². The Morgan fingerprint density at radius 3 is 2.42 bits per heavy atom. The van der Waals surface area contributed by atoms with Crippen molar-refractivity contribution in [3.63, 3.8) is 0 Å². The number of halogens is 4. The van der Waals surface area contributed by atoms with Crippen LogP contribution in [0, 0.1) is 5.82 Å². The molecule has 140 valence electrons. The van der Waals surface area contributed by atoms with Crippen molar-refractivity contribution >= 4 is 0 Å². The summed E-state index contributed by atoms with van der Waals surface area (Å²) in [5, 5.41) is 6.61. The van der Waals surface area contributed by atoms with Crippen LogP contribution in [0.3, 0.4) is 0 Å². The van der Waals surface area contributed by atoms with E-state index in [0.717, 1.165) is 37.2 Å². The van der Waals surface area contributed by atoms with E-state index in [2.05, 4.69) is 10.6 Å². The summed E-state index contributed by atoms with van der Waals surface area (Å²) in [5.41, 5.74) is 0.634. The maximum Gasteiger partial charge on any atom is 0.416 e. The molecule has 1 saturated heterocycles. The van der Waals surface area contributed by atoms with Gasteiger partial charge >= 0.3 is 6.18 Å². The average Bonchev–Trinajstić information content (AvgIpc) is 3.12. The standard InChI is InChI=1S/C19H20F4N2O/c20-17-9-14(10-25-16-7-8-24-11-16)3-6-18(17)26-12-13-1-4-15(5-2-13)19(21,22)23/h1-6,9,16,24-25H,7-8,10-12H2. The van der Waals surface area contributed by atoms with Crippen LogP contribution in [-0.2, 0) is 19.3 Å². The number of hydrogen-bond acceptors (Lipinski definition) is 3. The maximum atomic E-state index is 14.2. The Balaban J connectivity index is 1.54. The smallest absolute Gasteiger partial charge is 0.416 e. The van der Waals surface area contributed by atoms with Crippen molar-refractivity contribution in [1.29, 1.82) is 0 Å². The Hall–Kier alpha value is -2.12. The van der Waals surface area contributed by atoms with Gasteiger partial charge in [0.05, 0.1) is 5.56 Å². The van der Waals surface area contributed by atoms with Crippen molar-refractivity contribution in [3.05, 3.63) is 65.0 Å². The van der Waals surface area contributed by atoms with Gasteiger partial charge < -0.3 is 15.4 Å². The van der Waals surface area contributed by atoms with Crippen LogP contribution in [0.2, 0.25) is 0 Å². The van der Waals surface area contributed by atoms with E-state index in [1.807, 2.05) is 0 Å². The van der Waals surface area contributed by atoms with Gasteiger partial charge in [0.15, 0.2) is 11.6 Å². The van der Waals surface area contributed by atoms with Crippen LogP contribution in [0.4, 0.5) is 17.6 Å². The van der Waals surface area contributed by atoms with E-state index < -0.39 is 17.6 Å². The first-order chi connectivity index (χ1) is 12.4. The Morgan fingerprint density at radius 2 is 1.81 bits per heavy atom. The zero-order valence-electron chi connectivity index (χ0n) is 14.1. The minimum Gasteiger partial charge on any atom is -0.486 e. The Labute approximate surface area is 149 Å². The molecule has 1 fully saturated rings. The number of alkyl halides is 3. The van der Waals surface area contributed by atoms with Crippen LogP contribution in [0.15, 0.2) is 42.5 Å². The number of benzene rings is 2. The highest BCUT2D eigenvalue weighted by atomic mass is 19.4. The predicted octanol–water partition coefficient (Wildman–Crippen LogP) is 3.88. The number of hydrogen-bond donors (Lipinski definition) is 2. The molecule has 0 aliphatic carbocycles. The van der Waals surface area contributed by atoms with Gasteiger partial charge in [0.25, 0.3) is 0 Å². The van der Waals surface area contributed by atoms with Crippen molar-refractivity contribution in [1.82, 2.24) is 10.6 Å². The van der Waals surface area contributed by atoms with Crippen LogP contribution in [-0.4, -0.2) is 19.1 Å². The predicted molar refractivity (Wildman–Crippen MR) is 90.3 cm³/mol. The van der Waals surface area contributed by atoms with E-state index in [4.69, 9.17) is 4.74 Å². The normalized spacial score (nSPS) is 17.5. The topological polar surface area (TPSA) is 33.3 Å². The van der Waals surface area contributed by atoms with Crippen molar-refractivity contribution in [2.75, 3.05) is 13.1 Å². The van der Waals surface area contributed by atoms with E-state index >= 15 is 0 Å². The van der Waals surface area contributed by atoms with Gasteiger partial charge in [0.1, 0.15) is 6.61 Å². The fourth-order valence-corrected chi connectivity index (χ4v) is 2.81. The van der Waals surface area contributed by atoms with Gasteiger partial charge in [-0.15, -0.1) is 0 Å². The second-order valence-electron chi connectivity index (χ2n) is 6.32. The largest absolute Gasteiger partial charge is 0.486 e. The molecule has 0 saturated carbocycles. The van der Waals surface area contributed by atoms with E-state index in [1.165, 1.54) is 18.2 Å². The molecule has 1 atom stereocenters. The number of rotatable bonds is 6. The van der Waals surface area contributed by atoms with Gasteiger partial charge in [-0.2, -0.15) is 13.2 Å². The summed E-state index contributed by atoms with van der Waals surface area (Å²) in [6.45, 7) is 2.47. The summed E-state index contributed by atoms with van der Waals surface area (Å²) in [6, 6.07) is 9.77. The van der Waals surface area contributed by atoms with Crippen LogP contribution in [0.25, 0.3) is 0 Å². The molecule has 1 aliphatic rings. The molecule has 0 amide bonds. The molecular formula is C19H20F4N2O. The monoisotopic (exact) mass is 368 g/mol. The lowest BCUT2D eigenvalue weighted by Crippen LogP contribution is -2.30. The van der Waals surface area contributed by atoms with Crippen molar-refractivity contribution in [3.8, 4) is 5.75 Å². The summed E-state index contributed by atoms with van der Waals surface area (Å²) in [4.78, 5) is 0. The van der Waals surface area contributed by atoms with E-state index in [9.17, 15) is 17.6 Å². The van der Waals surface area contributed by atoms with Gasteiger partial charge in [-0.05, 0) is 48.4 Å². The molecule has 0 radical (unpaired) electrons. The Morgan fingerprint density at radius 1 is 1.08 bits per heavy atom. The number of ether oxygens (including phenoxy) is 1. The van der Waals surface area contributed by atoms with Gasteiger partial charge in [-0.3, -0.25) is 0 Å². The lowest BCUT2D eigenvalue weighted by molar-refractivity contribution is -0.137. The second kappa shape index (κ2) is 8.05. The Kier molecular flexibility index (Phi) is 5.78. The molecule has 1 aliphatic heterocycles. The molecule has 0 aromatic heterocycles. The lowest BCUT2D eigenvalue weighted by atomic mass is 10.1. The first-order valence-electron chi connectivity index (χ1n) is 8.43. The van der Waals surface area contributed by atoms with Gasteiger partial charge in [-0.25, -0.2) is 4.39 Å². The molecule has 7 heteroatoms. The van der Waals surface area contributed by atoms with Crippen molar-refractivity contribution in [2.24, 2.45) is 0 Å². The van der Waals surface area contributed by atoms with Gasteiger partial charge in [-0.1, -0.05) is 18.2 Å². The van der Waals surface area contributed by atoms with E-state index in [-0.39, 0.29) is 12.4 Å². The first kappa shape index (κ1) is 18.7. The van der Waals surface area contributed by atoms with E-state index in [0.29, 0.717) is 18.2 Å². The highest BCUT2D eigenvalue weighted by molar-refractivity contribution is 5.30.